The van der Waals surface area contributed by atoms with Crippen LogP contribution in [0.1, 0.15) is 5.56 Å². The molecule has 0 radical (unpaired) electrons. The summed E-state index contributed by atoms with van der Waals surface area (Å²) in [6.07, 6.45) is 0.526. The van der Waals surface area contributed by atoms with Crippen LogP contribution in [0.5, 0.6) is 0 Å². The fourth-order valence-corrected chi connectivity index (χ4v) is 1.37. The topological polar surface area (TPSA) is 41.3 Å². The van der Waals surface area contributed by atoms with Crippen molar-refractivity contribution in [3.8, 4) is 0 Å². The summed E-state index contributed by atoms with van der Waals surface area (Å²) in [7, 11) is 0. The molecule has 1 heterocycles. The van der Waals surface area contributed by atoms with Gasteiger partial charge in [-0.1, -0.05) is 0 Å². The summed E-state index contributed by atoms with van der Waals surface area (Å²) in [6.45, 7) is 0. The van der Waals surface area contributed by atoms with Crippen molar-refractivity contribution >= 4 is 5.69 Å². The summed E-state index contributed by atoms with van der Waals surface area (Å²) >= 11 is 0. The number of hydrogen-bond donors (Lipinski definition) is 2. The van der Waals surface area contributed by atoms with Gasteiger partial charge in [-0.2, -0.15) is 13.2 Å². The average molecular weight is 241 g/mol. The number of allylic oxidation sites excluding steroid dienone is 1. The number of nitrogens with one attached hydrogen (secondary N) is 1. The van der Waals surface area contributed by atoms with Crippen LogP contribution in [-0.2, 0) is 6.18 Å². The minimum atomic E-state index is -4.31. The SMILES string of the molecule is NC1=CNN(c2ccc(C(F)(F)F)cc2)C=C1. The highest BCUT2D eigenvalue weighted by atomic mass is 19.4. The Bertz CT molecular complexity index is 460. The zero-order chi connectivity index (χ0) is 12.5. The second-order valence-electron chi connectivity index (χ2n) is 3.50. The van der Waals surface area contributed by atoms with E-state index < -0.39 is 11.7 Å². The molecule has 17 heavy (non-hydrogen) atoms. The first-order chi connectivity index (χ1) is 7.97. The molecule has 0 aliphatic carbocycles. The Balaban J connectivity index is 2.17. The normalized spacial score (nSPS) is 15.5. The van der Waals surface area contributed by atoms with Crippen LogP contribution in [0.2, 0.25) is 0 Å². The van der Waals surface area contributed by atoms with Crippen LogP contribution in [0.4, 0.5) is 18.9 Å². The van der Waals surface area contributed by atoms with Crippen molar-refractivity contribution in [2.45, 2.75) is 6.18 Å². The Morgan fingerprint density at radius 1 is 1.12 bits per heavy atom. The van der Waals surface area contributed by atoms with E-state index in [1.807, 2.05) is 0 Å². The zero-order valence-corrected chi connectivity index (χ0v) is 8.70. The lowest BCUT2D eigenvalue weighted by Crippen LogP contribution is -2.32. The second-order valence-corrected chi connectivity index (χ2v) is 3.50. The fraction of sp³-hybridized carbons (Fsp3) is 0.0909. The third kappa shape index (κ3) is 2.52. The minimum Gasteiger partial charge on any atom is -0.397 e. The van der Waals surface area contributed by atoms with Crippen molar-refractivity contribution in [2.75, 3.05) is 5.01 Å². The number of benzene rings is 1. The van der Waals surface area contributed by atoms with Gasteiger partial charge in [0.1, 0.15) is 0 Å². The predicted molar refractivity (Wildman–Crippen MR) is 58.5 cm³/mol. The van der Waals surface area contributed by atoms with Crippen LogP contribution < -0.4 is 16.2 Å². The van der Waals surface area contributed by atoms with E-state index in [1.54, 1.807) is 23.5 Å². The van der Waals surface area contributed by atoms with Gasteiger partial charge in [-0.3, -0.25) is 10.4 Å². The summed E-state index contributed by atoms with van der Waals surface area (Å²) in [5.74, 6) is 0. The summed E-state index contributed by atoms with van der Waals surface area (Å²) in [5.41, 5.74) is 8.79. The zero-order valence-electron chi connectivity index (χ0n) is 8.70. The maximum absolute atomic E-state index is 12.3. The van der Waals surface area contributed by atoms with Gasteiger partial charge in [-0.05, 0) is 30.3 Å². The number of hydrazine groups is 1. The van der Waals surface area contributed by atoms with Crippen molar-refractivity contribution in [2.24, 2.45) is 5.73 Å². The molecule has 0 fully saturated rings. The van der Waals surface area contributed by atoms with E-state index in [2.05, 4.69) is 5.43 Å². The van der Waals surface area contributed by atoms with Crippen molar-refractivity contribution in [1.29, 1.82) is 0 Å². The van der Waals surface area contributed by atoms with Crippen molar-refractivity contribution in [1.82, 2.24) is 5.43 Å². The number of alkyl halides is 3. The number of nitrogens with two attached hydrogens (primary N) is 1. The van der Waals surface area contributed by atoms with Crippen LogP contribution in [0, 0.1) is 0 Å². The van der Waals surface area contributed by atoms with Gasteiger partial charge in [0.05, 0.1) is 16.9 Å². The lowest BCUT2D eigenvalue weighted by atomic mass is 10.2. The van der Waals surface area contributed by atoms with Crippen LogP contribution in [-0.4, -0.2) is 0 Å². The van der Waals surface area contributed by atoms with Crippen molar-refractivity contribution in [3.05, 3.63) is 54.0 Å². The van der Waals surface area contributed by atoms with Gasteiger partial charge in [0.2, 0.25) is 0 Å². The first kappa shape index (κ1) is 11.4. The predicted octanol–water partition coefficient (Wildman–Crippen LogP) is 2.34. The Hall–Kier alpha value is -2.11. The van der Waals surface area contributed by atoms with Gasteiger partial charge in [0, 0.05) is 12.4 Å². The largest absolute Gasteiger partial charge is 0.416 e. The first-order valence-corrected chi connectivity index (χ1v) is 4.83. The third-order valence-corrected chi connectivity index (χ3v) is 2.26. The van der Waals surface area contributed by atoms with E-state index in [-0.39, 0.29) is 0 Å². The molecule has 3 nitrogen and oxygen atoms in total. The standard InChI is InChI=1S/C11H10F3N3/c12-11(13,14)8-1-3-10(4-2-8)17-6-5-9(15)7-16-17/h1-7,16H,15H2. The number of halogens is 3. The molecule has 1 aromatic rings. The summed E-state index contributed by atoms with van der Waals surface area (Å²) in [6, 6.07) is 4.84. The number of anilines is 1. The molecule has 1 aliphatic rings. The van der Waals surface area contributed by atoms with Gasteiger partial charge in [0.15, 0.2) is 0 Å². The van der Waals surface area contributed by atoms with E-state index in [1.165, 1.54) is 12.1 Å². The number of rotatable bonds is 1. The third-order valence-electron chi connectivity index (χ3n) is 2.26. The quantitative estimate of drug-likeness (QED) is 0.793. The summed E-state index contributed by atoms with van der Waals surface area (Å²) in [5, 5.41) is 1.57. The van der Waals surface area contributed by atoms with E-state index in [9.17, 15) is 13.2 Å². The number of nitrogens with zero attached hydrogens (tertiary/aromatic N) is 1. The molecule has 0 saturated heterocycles. The highest BCUT2D eigenvalue weighted by Crippen LogP contribution is 2.30. The minimum absolute atomic E-state index is 0.549. The van der Waals surface area contributed by atoms with Crippen molar-refractivity contribution < 1.29 is 13.2 Å². The first-order valence-electron chi connectivity index (χ1n) is 4.83. The van der Waals surface area contributed by atoms with Crippen LogP contribution in [0.15, 0.2) is 48.4 Å². The second kappa shape index (κ2) is 4.04. The molecule has 0 saturated carbocycles. The van der Waals surface area contributed by atoms with E-state index in [0.29, 0.717) is 11.4 Å². The molecule has 90 valence electrons. The van der Waals surface area contributed by atoms with Gasteiger partial charge in [-0.25, -0.2) is 0 Å². The molecule has 6 heteroatoms. The van der Waals surface area contributed by atoms with Crippen LogP contribution in [0.3, 0.4) is 0 Å². The molecule has 2 rings (SSSR count). The Labute approximate surface area is 96.0 Å². The van der Waals surface area contributed by atoms with E-state index >= 15 is 0 Å². The highest BCUT2D eigenvalue weighted by Gasteiger charge is 2.30. The maximum Gasteiger partial charge on any atom is 0.416 e. The molecular weight excluding hydrogens is 231 g/mol. The lowest BCUT2D eigenvalue weighted by Gasteiger charge is -2.23. The van der Waals surface area contributed by atoms with E-state index in [4.69, 9.17) is 5.73 Å². The van der Waals surface area contributed by atoms with Gasteiger partial charge >= 0.3 is 6.18 Å². The average Bonchev–Trinajstić information content (AvgIpc) is 2.29. The molecule has 0 unspecified atom stereocenters. The molecule has 0 bridgehead atoms. The molecule has 0 amide bonds. The highest BCUT2D eigenvalue weighted by molar-refractivity contribution is 5.51. The summed E-state index contributed by atoms with van der Waals surface area (Å²) in [4.78, 5) is 0. The molecule has 0 atom stereocenters. The Kier molecular flexibility index (Phi) is 2.71. The van der Waals surface area contributed by atoms with Crippen LogP contribution >= 0.6 is 0 Å². The van der Waals surface area contributed by atoms with Gasteiger partial charge in [-0.15, -0.1) is 0 Å². The van der Waals surface area contributed by atoms with Gasteiger partial charge in [0.25, 0.3) is 0 Å². The molecular formula is C11H10F3N3. The Morgan fingerprint density at radius 2 is 1.76 bits per heavy atom. The van der Waals surface area contributed by atoms with E-state index in [0.717, 1.165) is 12.1 Å². The molecule has 1 aliphatic heterocycles. The smallest absolute Gasteiger partial charge is 0.397 e. The monoisotopic (exact) mass is 241 g/mol. The van der Waals surface area contributed by atoms with Crippen LogP contribution in [0.25, 0.3) is 0 Å². The Morgan fingerprint density at radius 3 is 2.24 bits per heavy atom. The molecule has 1 aromatic carbocycles. The maximum atomic E-state index is 12.3. The lowest BCUT2D eigenvalue weighted by molar-refractivity contribution is -0.137. The summed E-state index contributed by atoms with van der Waals surface area (Å²) < 4.78 is 37.0. The number of hydrogen-bond acceptors (Lipinski definition) is 3. The van der Waals surface area contributed by atoms with Gasteiger partial charge < -0.3 is 5.73 Å². The van der Waals surface area contributed by atoms with Crippen molar-refractivity contribution in [3.63, 3.8) is 0 Å². The molecule has 3 N–H and O–H groups in total. The molecule has 0 aromatic heterocycles. The fourth-order valence-electron chi connectivity index (χ4n) is 1.37. The molecule has 0 spiro atoms.